The molecule has 156 valence electrons. The van der Waals surface area contributed by atoms with Gasteiger partial charge in [-0.05, 0) is 51.2 Å². The largest absolute Gasteiger partial charge is 0.357 e. The van der Waals surface area contributed by atoms with Gasteiger partial charge in [-0.15, -0.1) is 0 Å². The number of aliphatic imine (C=N–C) groups is 1. The Morgan fingerprint density at radius 2 is 1.82 bits per heavy atom. The van der Waals surface area contributed by atoms with E-state index < -0.39 is 0 Å². The lowest BCUT2D eigenvalue weighted by Crippen LogP contribution is -2.49. The van der Waals surface area contributed by atoms with Crippen LogP contribution in [0.4, 0.5) is 5.82 Å². The van der Waals surface area contributed by atoms with Gasteiger partial charge >= 0.3 is 0 Å². The first-order valence-electron chi connectivity index (χ1n) is 11.1. The monoisotopic (exact) mass is 386 g/mol. The van der Waals surface area contributed by atoms with Crippen LogP contribution in [0.1, 0.15) is 57.9 Å². The summed E-state index contributed by atoms with van der Waals surface area (Å²) in [5.41, 5.74) is 1.19. The van der Waals surface area contributed by atoms with Crippen LogP contribution in [0.2, 0.25) is 0 Å². The molecule has 0 spiro atoms. The zero-order chi connectivity index (χ0) is 19.8. The van der Waals surface area contributed by atoms with Crippen LogP contribution in [0.15, 0.2) is 23.3 Å². The zero-order valence-corrected chi connectivity index (χ0v) is 18.0. The molecule has 6 heteroatoms. The van der Waals surface area contributed by atoms with Crippen molar-refractivity contribution in [2.24, 2.45) is 4.99 Å². The van der Waals surface area contributed by atoms with Crippen LogP contribution in [0.3, 0.4) is 0 Å². The normalized spacial score (nSPS) is 20.3. The van der Waals surface area contributed by atoms with Crippen LogP contribution in [-0.2, 0) is 6.54 Å². The Labute approximate surface area is 170 Å². The van der Waals surface area contributed by atoms with E-state index in [0.717, 1.165) is 44.5 Å². The Bertz CT molecular complexity index is 596. The second-order valence-corrected chi connectivity index (χ2v) is 8.40. The molecule has 0 atom stereocenters. The van der Waals surface area contributed by atoms with Gasteiger partial charge in [0.05, 0.1) is 0 Å². The maximum Gasteiger partial charge on any atom is 0.191 e. The summed E-state index contributed by atoms with van der Waals surface area (Å²) in [5.74, 6) is 2.00. The van der Waals surface area contributed by atoms with Gasteiger partial charge in [-0.1, -0.05) is 18.9 Å². The van der Waals surface area contributed by atoms with Crippen LogP contribution in [-0.4, -0.2) is 61.2 Å². The van der Waals surface area contributed by atoms with Crippen molar-refractivity contribution in [3.05, 3.63) is 23.9 Å². The molecule has 2 fully saturated rings. The summed E-state index contributed by atoms with van der Waals surface area (Å²) in [5, 5.41) is 7.04. The van der Waals surface area contributed by atoms with E-state index in [1.54, 1.807) is 0 Å². The summed E-state index contributed by atoms with van der Waals surface area (Å²) >= 11 is 0. The molecule has 3 heterocycles. The van der Waals surface area contributed by atoms with Gasteiger partial charge in [0, 0.05) is 58.1 Å². The van der Waals surface area contributed by atoms with Gasteiger partial charge in [0.25, 0.3) is 0 Å². The highest BCUT2D eigenvalue weighted by Gasteiger charge is 2.21. The third kappa shape index (κ3) is 6.09. The summed E-state index contributed by atoms with van der Waals surface area (Å²) in [6, 6.07) is 5.50. The van der Waals surface area contributed by atoms with Crippen LogP contribution < -0.4 is 15.5 Å². The van der Waals surface area contributed by atoms with E-state index in [2.05, 4.69) is 51.4 Å². The van der Waals surface area contributed by atoms with Gasteiger partial charge in [0.15, 0.2) is 5.96 Å². The van der Waals surface area contributed by atoms with Crippen molar-refractivity contribution in [2.45, 2.75) is 71.0 Å². The molecule has 0 aromatic carbocycles. The molecule has 2 saturated heterocycles. The fourth-order valence-corrected chi connectivity index (χ4v) is 4.14. The van der Waals surface area contributed by atoms with Crippen molar-refractivity contribution in [2.75, 3.05) is 38.1 Å². The Kier molecular flexibility index (Phi) is 7.95. The number of hydrogen-bond acceptors (Lipinski definition) is 4. The molecule has 1 aromatic heterocycles. The fraction of sp³-hybridized carbons (Fsp3) is 0.727. The van der Waals surface area contributed by atoms with Crippen molar-refractivity contribution < 1.29 is 0 Å². The molecule has 2 aliphatic heterocycles. The van der Waals surface area contributed by atoms with E-state index in [1.807, 2.05) is 13.2 Å². The lowest BCUT2D eigenvalue weighted by molar-refractivity contribution is 0.167. The first-order chi connectivity index (χ1) is 13.7. The molecule has 6 nitrogen and oxygen atoms in total. The molecule has 0 amide bonds. The molecule has 1 aromatic rings. The van der Waals surface area contributed by atoms with Crippen LogP contribution in [0.5, 0.6) is 0 Å². The Morgan fingerprint density at radius 1 is 1.11 bits per heavy atom. The molecule has 0 unspecified atom stereocenters. The maximum atomic E-state index is 4.71. The van der Waals surface area contributed by atoms with Gasteiger partial charge in [-0.3, -0.25) is 4.99 Å². The summed E-state index contributed by atoms with van der Waals surface area (Å²) in [4.78, 5) is 14.1. The van der Waals surface area contributed by atoms with Crippen LogP contribution in [0, 0.1) is 0 Å². The van der Waals surface area contributed by atoms with Gasteiger partial charge in [-0.2, -0.15) is 0 Å². The molecular weight excluding hydrogens is 348 g/mol. The first-order valence-corrected chi connectivity index (χ1v) is 11.1. The predicted molar refractivity (Wildman–Crippen MR) is 118 cm³/mol. The minimum atomic E-state index is 0.504. The third-order valence-electron chi connectivity index (χ3n) is 6.02. The number of pyridine rings is 1. The number of anilines is 1. The van der Waals surface area contributed by atoms with Crippen molar-refractivity contribution >= 4 is 11.8 Å². The summed E-state index contributed by atoms with van der Waals surface area (Å²) in [6.07, 6.45) is 9.60. The highest BCUT2D eigenvalue weighted by molar-refractivity contribution is 5.79. The fourth-order valence-electron chi connectivity index (χ4n) is 4.14. The van der Waals surface area contributed by atoms with E-state index in [9.17, 15) is 0 Å². The molecule has 2 N–H and O–H groups in total. The number of aromatic nitrogens is 1. The van der Waals surface area contributed by atoms with E-state index in [-0.39, 0.29) is 0 Å². The van der Waals surface area contributed by atoms with E-state index >= 15 is 0 Å². The second kappa shape index (κ2) is 10.6. The molecular formula is C22H38N6. The minimum Gasteiger partial charge on any atom is -0.357 e. The molecule has 2 aliphatic rings. The minimum absolute atomic E-state index is 0.504. The second-order valence-electron chi connectivity index (χ2n) is 8.40. The van der Waals surface area contributed by atoms with Gasteiger partial charge in [0.1, 0.15) is 5.82 Å². The molecule has 0 radical (unpaired) electrons. The summed E-state index contributed by atoms with van der Waals surface area (Å²) in [6.45, 7) is 9.90. The number of rotatable bonds is 5. The standard InChI is InChI=1S/C22H38N6/c1-18(2)27-14-10-20(11-15-27)26-22(23-3)25-17-19-8-9-21(24-16-19)28-12-6-4-5-7-13-28/h8-9,16,18,20H,4-7,10-15,17H2,1-3H3,(H2,23,25,26). The number of nitrogens with zero attached hydrogens (tertiary/aromatic N) is 4. The lowest BCUT2D eigenvalue weighted by atomic mass is 10.0. The average molecular weight is 387 g/mol. The number of nitrogens with one attached hydrogen (secondary N) is 2. The SMILES string of the molecule is CN=C(NCc1ccc(N2CCCCCC2)nc1)NC1CCN(C(C)C)CC1. The Balaban J connectivity index is 1.44. The number of hydrogen-bond donors (Lipinski definition) is 2. The summed E-state index contributed by atoms with van der Waals surface area (Å²) < 4.78 is 0. The van der Waals surface area contributed by atoms with Gasteiger partial charge in [0.2, 0.25) is 0 Å². The Hall–Kier alpha value is -1.82. The van der Waals surface area contributed by atoms with Crippen LogP contribution >= 0.6 is 0 Å². The molecule has 0 saturated carbocycles. The van der Waals surface area contributed by atoms with Crippen molar-refractivity contribution in [3.63, 3.8) is 0 Å². The van der Waals surface area contributed by atoms with Crippen LogP contribution in [0.25, 0.3) is 0 Å². The highest BCUT2D eigenvalue weighted by Crippen LogP contribution is 2.17. The topological polar surface area (TPSA) is 55.8 Å². The zero-order valence-electron chi connectivity index (χ0n) is 18.0. The molecule has 0 bridgehead atoms. The predicted octanol–water partition coefficient (Wildman–Crippen LogP) is 3.00. The lowest BCUT2D eigenvalue weighted by Gasteiger charge is -2.35. The average Bonchev–Trinajstić information content (AvgIpc) is 3.01. The van der Waals surface area contributed by atoms with E-state index in [1.165, 1.54) is 44.1 Å². The highest BCUT2D eigenvalue weighted by atomic mass is 15.2. The van der Waals surface area contributed by atoms with E-state index in [0.29, 0.717) is 12.1 Å². The van der Waals surface area contributed by atoms with Crippen molar-refractivity contribution in [1.82, 2.24) is 20.5 Å². The van der Waals surface area contributed by atoms with Gasteiger partial charge in [-0.25, -0.2) is 4.98 Å². The van der Waals surface area contributed by atoms with E-state index in [4.69, 9.17) is 4.98 Å². The van der Waals surface area contributed by atoms with Crippen molar-refractivity contribution in [1.29, 1.82) is 0 Å². The number of guanidine groups is 1. The molecule has 3 rings (SSSR count). The smallest absolute Gasteiger partial charge is 0.191 e. The Morgan fingerprint density at radius 3 is 2.39 bits per heavy atom. The molecule has 28 heavy (non-hydrogen) atoms. The number of piperidine rings is 1. The quantitative estimate of drug-likeness (QED) is 0.602. The number of likely N-dealkylation sites (tertiary alicyclic amines) is 1. The first kappa shape index (κ1) is 20.9. The summed E-state index contributed by atoms with van der Waals surface area (Å²) in [7, 11) is 1.85. The van der Waals surface area contributed by atoms with Gasteiger partial charge < -0.3 is 20.4 Å². The van der Waals surface area contributed by atoms with Crippen molar-refractivity contribution in [3.8, 4) is 0 Å². The maximum absolute atomic E-state index is 4.71. The third-order valence-corrected chi connectivity index (χ3v) is 6.02. The molecule has 0 aliphatic carbocycles.